The van der Waals surface area contributed by atoms with Gasteiger partial charge in [0.1, 0.15) is 5.82 Å². The fourth-order valence-corrected chi connectivity index (χ4v) is 2.53. The van der Waals surface area contributed by atoms with Gasteiger partial charge >= 0.3 is 0 Å². The van der Waals surface area contributed by atoms with Crippen LogP contribution < -0.4 is 4.90 Å². The molecule has 0 spiro atoms. The number of ether oxygens (including phenoxy) is 1. The van der Waals surface area contributed by atoms with Crippen molar-refractivity contribution in [3.63, 3.8) is 0 Å². The van der Waals surface area contributed by atoms with Crippen LogP contribution in [0, 0.1) is 5.92 Å². The summed E-state index contributed by atoms with van der Waals surface area (Å²) in [5.41, 5.74) is 1.13. The third kappa shape index (κ3) is 3.33. The van der Waals surface area contributed by atoms with Crippen LogP contribution in [0.2, 0.25) is 0 Å². The fourth-order valence-electron chi connectivity index (χ4n) is 2.36. The quantitative estimate of drug-likeness (QED) is 0.773. The van der Waals surface area contributed by atoms with Gasteiger partial charge in [0.25, 0.3) is 0 Å². The van der Waals surface area contributed by atoms with Gasteiger partial charge in [0.05, 0.1) is 6.61 Å². The molecule has 1 aliphatic heterocycles. The Morgan fingerprint density at radius 2 is 2.47 bits per heavy atom. The smallest absolute Gasteiger partial charge is 0.128 e. The van der Waals surface area contributed by atoms with Crippen molar-refractivity contribution in [2.45, 2.75) is 18.7 Å². The first-order valence-corrected chi connectivity index (χ1v) is 6.61. The van der Waals surface area contributed by atoms with Crippen molar-refractivity contribution in [1.82, 2.24) is 4.98 Å². The molecule has 1 unspecified atom stereocenters. The fraction of sp³-hybridized carbons (Fsp3) is 0.615. The number of piperidine rings is 1. The lowest BCUT2D eigenvalue weighted by atomic mass is 9.99. The van der Waals surface area contributed by atoms with Crippen molar-refractivity contribution >= 4 is 17.4 Å². The van der Waals surface area contributed by atoms with Crippen LogP contribution in [-0.4, -0.2) is 31.8 Å². The van der Waals surface area contributed by atoms with Gasteiger partial charge in [-0.05, 0) is 36.5 Å². The van der Waals surface area contributed by atoms with E-state index in [2.05, 4.69) is 16.0 Å². The van der Waals surface area contributed by atoms with E-state index in [0.29, 0.717) is 11.8 Å². The van der Waals surface area contributed by atoms with Crippen molar-refractivity contribution in [1.29, 1.82) is 0 Å². The molecule has 0 aromatic carbocycles. The Bertz CT molecular complexity index is 357. The average Bonchev–Trinajstić information content (AvgIpc) is 2.40. The first-order chi connectivity index (χ1) is 8.33. The second-order valence-electron chi connectivity index (χ2n) is 4.57. The van der Waals surface area contributed by atoms with E-state index in [-0.39, 0.29) is 0 Å². The lowest BCUT2D eigenvalue weighted by Gasteiger charge is -2.33. The zero-order valence-corrected chi connectivity index (χ0v) is 11.0. The predicted octanol–water partition coefficient (Wildman–Crippen LogP) is 2.68. The molecule has 0 N–H and O–H groups in total. The van der Waals surface area contributed by atoms with Crippen molar-refractivity contribution in [2.24, 2.45) is 5.92 Å². The highest BCUT2D eigenvalue weighted by Crippen LogP contribution is 2.22. The van der Waals surface area contributed by atoms with Crippen molar-refractivity contribution < 1.29 is 4.74 Å². The van der Waals surface area contributed by atoms with Gasteiger partial charge < -0.3 is 9.64 Å². The molecular weight excluding hydrogens is 236 g/mol. The zero-order valence-electron chi connectivity index (χ0n) is 10.2. The number of hydrogen-bond donors (Lipinski definition) is 0. The predicted molar refractivity (Wildman–Crippen MR) is 70.6 cm³/mol. The lowest BCUT2D eigenvalue weighted by molar-refractivity contribution is 0.143. The van der Waals surface area contributed by atoms with E-state index in [1.54, 1.807) is 7.11 Å². The number of anilines is 1. The molecule has 1 aliphatic rings. The molecule has 94 valence electrons. The number of pyridine rings is 1. The average molecular weight is 255 g/mol. The summed E-state index contributed by atoms with van der Waals surface area (Å²) in [4.78, 5) is 6.77. The Morgan fingerprint density at radius 1 is 1.59 bits per heavy atom. The molecule has 17 heavy (non-hydrogen) atoms. The molecule has 1 aromatic rings. The Morgan fingerprint density at radius 3 is 3.24 bits per heavy atom. The molecule has 0 radical (unpaired) electrons. The van der Waals surface area contributed by atoms with Crippen LogP contribution in [0.4, 0.5) is 5.82 Å². The number of aromatic nitrogens is 1. The number of hydrogen-bond acceptors (Lipinski definition) is 3. The van der Waals surface area contributed by atoms with Gasteiger partial charge in [-0.1, -0.05) is 0 Å². The monoisotopic (exact) mass is 254 g/mol. The molecule has 1 saturated heterocycles. The Kier molecular flexibility index (Phi) is 4.63. The maximum Gasteiger partial charge on any atom is 0.128 e. The Balaban J connectivity index is 2.05. The minimum atomic E-state index is 0.546. The summed E-state index contributed by atoms with van der Waals surface area (Å²) in [5.74, 6) is 2.21. The van der Waals surface area contributed by atoms with E-state index in [1.165, 1.54) is 12.8 Å². The molecule has 0 aliphatic carbocycles. The first-order valence-electron chi connectivity index (χ1n) is 6.08. The molecule has 0 bridgehead atoms. The summed E-state index contributed by atoms with van der Waals surface area (Å²) >= 11 is 5.85. The Labute approximate surface area is 108 Å². The van der Waals surface area contributed by atoms with Crippen molar-refractivity contribution in [3.8, 4) is 0 Å². The largest absolute Gasteiger partial charge is 0.384 e. The summed E-state index contributed by atoms with van der Waals surface area (Å²) in [6.07, 6.45) is 4.30. The first kappa shape index (κ1) is 12.7. The number of nitrogens with zero attached hydrogens (tertiary/aromatic N) is 2. The molecule has 4 heteroatoms. The second kappa shape index (κ2) is 6.22. The van der Waals surface area contributed by atoms with E-state index in [0.717, 1.165) is 31.1 Å². The topological polar surface area (TPSA) is 25.4 Å². The molecule has 2 heterocycles. The van der Waals surface area contributed by atoms with Gasteiger partial charge in [-0.2, -0.15) is 0 Å². The molecular formula is C13H19ClN2O. The van der Waals surface area contributed by atoms with Crippen LogP contribution in [0.25, 0.3) is 0 Å². The molecule has 2 rings (SSSR count). The van der Waals surface area contributed by atoms with Crippen LogP contribution in [0.5, 0.6) is 0 Å². The standard InChI is InChI=1S/C13H19ClN2O/c1-17-10-12-3-2-6-16(9-12)13-7-11(8-14)4-5-15-13/h4-5,7,12H,2-3,6,8-10H2,1H3. The van der Waals surface area contributed by atoms with E-state index in [4.69, 9.17) is 16.3 Å². The SMILES string of the molecule is COCC1CCCN(c2cc(CCl)ccn2)C1. The summed E-state index contributed by atoms with van der Waals surface area (Å²) in [6.45, 7) is 2.96. The summed E-state index contributed by atoms with van der Waals surface area (Å²) < 4.78 is 5.24. The van der Waals surface area contributed by atoms with Gasteiger partial charge in [0, 0.05) is 32.3 Å². The minimum absolute atomic E-state index is 0.546. The van der Waals surface area contributed by atoms with Crippen LogP contribution in [0.3, 0.4) is 0 Å². The van der Waals surface area contributed by atoms with E-state index >= 15 is 0 Å². The highest BCUT2D eigenvalue weighted by atomic mass is 35.5. The molecule has 0 saturated carbocycles. The second-order valence-corrected chi connectivity index (χ2v) is 4.83. The number of methoxy groups -OCH3 is 1. The third-order valence-electron chi connectivity index (χ3n) is 3.21. The number of alkyl halides is 1. The third-order valence-corrected chi connectivity index (χ3v) is 3.52. The maximum atomic E-state index is 5.85. The molecule has 1 fully saturated rings. The summed E-state index contributed by atoms with van der Waals surface area (Å²) in [7, 11) is 1.77. The molecule has 3 nitrogen and oxygen atoms in total. The summed E-state index contributed by atoms with van der Waals surface area (Å²) in [6, 6.07) is 4.05. The molecule has 1 aromatic heterocycles. The number of rotatable bonds is 4. The van der Waals surface area contributed by atoms with Gasteiger partial charge in [-0.3, -0.25) is 0 Å². The van der Waals surface area contributed by atoms with Gasteiger partial charge in [-0.15, -0.1) is 11.6 Å². The van der Waals surface area contributed by atoms with Crippen LogP contribution in [0.1, 0.15) is 18.4 Å². The van der Waals surface area contributed by atoms with Crippen LogP contribution >= 0.6 is 11.6 Å². The lowest BCUT2D eigenvalue weighted by Crippen LogP contribution is -2.37. The van der Waals surface area contributed by atoms with E-state index in [1.807, 2.05) is 12.3 Å². The normalized spacial score (nSPS) is 20.6. The highest BCUT2D eigenvalue weighted by Gasteiger charge is 2.20. The Hall–Kier alpha value is -0.800. The summed E-state index contributed by atoms with van der Waals surface area (Å²) in [5, 5.41) is 0. The molecule has 1 atom stereocenters. The van der Waals surface area contributed by atoms with Crippen molar-refractivity contribution in [3.05, 3.63) is 23.9 Å². The van der Waals surface area contributed by atoms with Crippen molar-refractivity contribution in [2.75, 3.05) is 31.7 Å². The molecule has 0 amide bonds. The zero-order chi connectivity index (χ0) is 12.1. The van der Waals surface area contributed by atoms with Gasteiger partial charge in [0.15, 0.2) is 0 Å². The van der Waals surface area contributed by atoms with E-state index in [9.17, 15) is 0 Å². The van der Waals surface area contributed by atoms with Gasteiger partial charge in [-0.25, -0.2) is 4.98 Å². The van der Waals surface area contributed by atoms with E-state index < -0.39 is 0 Å². The van der Waals surface area contributed by atoms with Gasteiger partial charge in [0.2, 0.25) is 0 Å². The van der Waals surface area contributed by atoms with Crippen LogP contribution in [0.15, 0.2) is 18.3 Å². The highest BCUT2D eigenvalue weighted by molar-refractivity contribution is 6.17. The number of halogens is 1. The maximum absolute atomic E-state index is 5.85. The minimum Gasteiger partial charge on any atom is -0.384 e. The van der Waals surface area contributed by atoms with Crippen LogP contribution in [-0.2, 0) is 10.6 Å².